The fourth-order valence-electron chi connectivity index (χ4n) is 2.80. The van der Waals surface area contributed by atoms with E-state index in [-0.39, 0.29) is 11.2 Å². The molecule has 1 aromatic carbocycles. The number of hydrogen-bond donors (Lipinski definition) is 0. The summed E-state index contributed by atoms with van der Waals surface area (Å²) in [6, 6.07) is 10.5. The van der Waals surface area contributed by atoms with Crippen LogP contribution in [0.2, 0.25) is 0 Å². The predicted octanol–water partition coefficient (Wildman–Crippen LogP) is 3.57. The molecule has 2 rings (SSSR count). The third-order valence-electron chi connectivity index (χ3n) is 4.12. The molecule has 0 aromatic heterocycles. The predicted molar refractivity (Wildman–Crippen MR) is 78.9 cm³/mol. The lowest BCUT2D eigenvalue weighted by atomic mass is 9.83. The molecule has 0 aliphatic heterocycles. The minimum atomic E-state index is -0.941. The molecule has 1 fully saturated rings. The van der Waals surface area contributed by atoms with Gasteiger partial charge in [0.05, 0.1) is 17.2 Å². The Bertz CT molecular complexity index is 506. The van der Waals surface area contributed by atoms with Crippen LogP contribution in [-0.4, -0.2) is 9.46 Å². The van der Waals surface area contributed by atoms with E-state index in [0.29, 0.717) is 11.7 Å². The number of benzene rings is 1. The molecule has 1 aliphatic carbocycles. The summed E-state index contributed by atoms with van der Waals surface area (Å²) in [5, 5.41) is 9.28. The lowest BCUT2D eigenvalue weighted by molar-refractivity contribution is 0.341. The summed E-state index contributed by atoms with van der Waals surface area (Å²) in [5.74, 6) is 1.15. The Kier molecular flexibility index (Phi) is 4.76. The highest BCUT2D eigenvalue weighted by Gasteiger charge is 2.32. The standard InChI is InChI=1S/C16H21NOS/c1-12-7-8-14(10-17)16(9-12)19(18)11-15-6-4-3-5-13(15)2/h3-6,12,14,16H,7-9,11H2,1-2H3. The Hall–Kier alpha value is -1.14. The van der Waals surface area contributed by atoms with E-state index in [1.54, 1.807) is 0 Å². The van der Waals surface area contributed by atoms with E-state index in [1.807, 2.05) is 18.2 Å². The van der Waals surface area contributed by atoms with Gasteiger partial charge in [-0.15, -0.1) is 0 Å². The number of nitriles is 1. The van der Waals surface area contributed by atoms with Crippen molar-refractivity contribution < 1.29 is 4.21 Å². The molecule has 4 unspecified atom stereocenters. The molecule has 0 radical (unpaired) electrons. The molecule has 1 saturated carbocycles. The highest BCUT2D eigenvalue weighted by atomic mass is 32.2. The fourth-order valence-corrected chi connectivity index (χ4v) is 4.75. The summed E-state index contributed by atoms with van der Waals surface area (Å²) in [6.07, 6.45) is 2.93. The maximum atomic E-state index is 12.6. The SMILES string of the molecule is Cc1ccccc1CS(=O)C1CC(C)CCC1C#N. The van der Waals surface area contributed by atoms with Crippen molar-refractivity contribution >= 4 is 10.8 Å². The van der Waals surface area contributed by atoms with E-state index in [0.717, 1.165) is 24.8 Å². The maximum Gasteiger partial charge on any atom is 0.0668 e. The minimum Gasteiger partial charge on any atom is -0.259 e. The highest BCUT2D eigenvalue weighted by molar-refractivity contribution is 7.84. The topological polar surface area (TPSA) is 40.9 Å². The van der Waals surface area contributed by atoms with Gasteiger partial charge >= 0.3 is 0 Å². The van der Waals surface area contributed by atoms with Gasteiger partial charge in [0.1, 0.15) is 0 Å². The van der Waals surface area contributed by atoms with Crippen LogP contribution in [0.4, 0.5) is 0 Å². The van der Waals surface area contributed by atoms with Crippen LogP contribution in [0.1, 0.15) is 37.3 Å². The van der Waals surface area contributed by atoms with Crippen molar-refractivity contribution in [3.05, 3.63) is 35.4 Å². The number of rotatable bonds is 3. The lowest BCUT2D eigenvalue weighted by Gasteiger charge is -2.30. The van der Waals surface area contributed by atoms with E-state index in [1.165, 1.54) is 5.56 Å². The van der Waals surface area contributed by atoms with Crippen molar-refractivity contribution in [3.63, 3.8) is 0 Å². The number of aryl methyl sites for hydroxylation is 1. The molecule has 4 atom stereocenters. The molecule has 0 heterocycles. The van der Waals surface area contributed by atoms with Gasteiger partial charge in [0.2, 0.25) is 0 Å². The number of hydrogen-bond acceptors (Lipinski definition) is 2. The molecule has 1 aliphatic rings. The molecule has 2 nitrogen and oxygen atoms in total. The van der Waals surface area contributed by atoms with Crippen LogP contribution in [0, 0.1) is 30.1 Å². The quantitative estimate of drug-likeness (QED) is 0.846. The van der Waals surface area contributed by atoms with Crippen molar-refractivity contribution in [1.29, 1.82) is 5.26 Å². The zero-order chi connectivity index (χ0) is 13.8. The Morgan fingerprint density at radius 3 is 2.79 bits per heavy atom. The van der Waals surface area contributed by atoms with Gasteiger partial charge in [-0.3, -0.25) is 4.21 Å². The van der Waals surface area contributed by atoms with Gasteiger partial charge in [-0.25, -0.2) is 0 Å². The molecule has 0 saturated heterocycles. The molecule has 0 amide bonds. The van der Waals surface area contributed by atoms with Crippen molar-refractivity contribution in [2.45, 2.75) is 44.1 Å². The van der Waals surface area contributed by atoms with Crippen molar-refractivity contribution in [1.82, 2.24) is 0 Å². The smallest absolute Gasteiger partial charge is 0.0668 e. The minimum absolute atomic E-state index is 0.0268. The second kappa shape index (κ2) is 6.34. The Morgan fingerprint density at radius 1 is 1.37 bits per heavy atom. The van der Waals surface area contributed by atoms with E-state index < -0.39 is 10.8 Å². The summed E-state index contributed by atoms with van der Waals surface area (Å²) < 4.78 is 12.6. The maximum absolute atomic E-state index is 12.6. The van der Waals surface area contributed by atoms with Crippen LogP contribution in [0.5, 0.6) is 0 Å². The van der Waals surface area contributed by atoms with Crippen molar-refractivity contribution in [2.24, 2.45) is 11.8 Å². The Labute approximate surface area is 118 Å². The van der Waals surface area contributed by atoms with Crippen LogP contribution >= 0.6 is 0 Å². The largest absolute Gasteiger partial charge is 0.259 e. The van der Waals surface area contributed by atoms with Gasteiger partial charge in [0.25, 0.3) is 0 Å². The van der Waals surface area contributed by atoms with Gasteiger partial charge in [-0.2, -0.15) is 5.26 Å². The molecule has 0 N–H and O–H groups in total. The first-order valence-corrected chi connectivity index (χ1v) is 8.31. The first-order chi connectivity index (χ1) is 9.11. The fraction of sp³-hybridized carbons (Fsp3) is 0.562. The van der Waals surface area contributed by atoms with Crippen LogP contribution in [-0.2, 0) is 16.6 Å². The zero-order valence-electron chi connectivity index (χ0n) is 11.6. The second-order valence-electron chi connectivity index (χ2n) is 5.64. The Morgan fingerprint density at radius 2 is 2.11 bits per heavy atom. The molecule has 1 aromatic rings. The van der Waals surface area contributed by atoms with Crippen LogP contribution in [0.25, 0.3) is 0 Å². The molecular weight excluding hydrogens is 254 g/mol. The number of nitrogens with zero attached hydrogens (tertiary/aromatic N) is 1. The molecule has 3 heteroatoms. The van der Waals surface area contributed by atoms with E-state index in [9.17, 15) is 9.47 Å². The average molecular weight is 275 g/mol. The summed E-state index contributed by atoms with van der Waals surface area (Å²) in [5.41, 5.74) is 2.34. The van der Waals surface area contributed by atoms with Crippen LogP contribution in [0.15, 0.2) is 24.3 Å². The summed E-state index contributed by atoms with van der Waals surface area (Å²) in [6.45, 7) is 4.25. The molecular formula is C16H21NOS. The van der Waals surface area contributed by atoms with E-state index in [2.05, 4.69) is 26.0 Å². The van der Waals surface area contributed by atoms with Gasteiger partial charge in [0, 0.05) is 16.6 Å². The first kappa shape index (κ1) is 14.3. The zero-order valence-corrected chi connectivity index (χ0v) is 12.5. The summed E-state index contributed by atoms with van der Waals surface area (Å²) >= 11 is 0. The van der Waals surface area contributed by atoms with Gasteiger partial charge in [0.15, 0.2) is 0 Å². The Balaban J connectivity index is 2.10. The second-order valence-corrected chi connectivity index (χ2v) is 7.30. The molecule has 0 bridgehead atoms. The van der Waals surface area contributed by atoms with Crippen molar-refractivity contribution in [3.8, 4) is 6.07 Å². The monoisotopic (exact) mass is 275 g/mol. The first-order valence-electron chi connectivity index (χ1n) is 6.93. The molecule has 19 heavy (non-hydrogen) atoms. The van der Waals surface area contributed by atoms with Gasteiger partial charge < -0.3 is 0 Å². The van der Waals surface area contributed by atoms with Crippen LogP contribution < -0.4 is 0 Å². The summed E-state index contributed by atoms with van der Waals surface area (Å²) in [7, 11) is -0.941. The normalized spacial score (nSPS) is 28.6. The summed E-state index contributed by atoms with van der Waals surface area (Å²) in [4.78, 5) is 0. The van der Waals surface area contributed by atoms with Gasteiger partial charge in [-0.05, 0) is 43.2 Å². The average Bonchev–Trinajstić information content (AvgIpc) is 2.41. The van der Waals surface area contributed by atoms with E-state index in [4.69, 9.17) is 0 Å². The van der Waals surface area contributed by atoms with Crippen LogP contribution in [0.3, 0.4) is 0 Å². The highest BCUT2D eigenvalue weighted by Crippen LogP contribution is 2.32. The van der Waals surface area contributed by atoms with Crippen molar-refractivity contribution in [2.75, 3.05) is 0 Å². The van der Waals surface area contributed by atoms with Gasteiger partial charge in [-0.1, -0.05) is 31.2 Å². The third-order valence-corrected chi connectivity index (χ3v) is 5.91. The molecule has 102 valence electrons. The molecule has 0 spiro atoms. The third kappa shape index (κ3) is 3.45. The van der Waals surface area contributed by atoms with E-state index >= 15 is 0 Å². The lowest BCUT2D eigenvalue weighted by Crippen LogP contribution is -2.32.